The molecule has 0 saturated heterocycles. The smallest absolute Gasteiger partial charge is 0.229 e. The van der Waals surface area contributed by atoms with Crippen LogP contribution in [0.25, 0.3) is 16.6 Å². The lowest BCUT2D eigenvalue weighted by Crippen LogP contribution is -2.04. The molecule has 0 fully saturated rings. The molecule has 0 atom stereocenters. The highest BCUT2D eigenvalue weighted by atomic mass is 16.5. The summed E-state index contributed by atoms with van der Waals surface area (Å²) in [5.41, 5.74) is 3.46. The van der Waals surface area contributed by atoms with Crippen molar-refractivity contribution in [1.29, 1.82) is 0 Å². The molecular weight excluding hydrogens is 342 g/mol. The largest absolute Gasteiger partial charge is 0.494 e. The van der Waals surface area contributed by atoms with Gasteiger partial charge in [-0.05, 0) is 31.2 Å². The van der Waals surface area contributed by atoms with Gasteiger partial charge < -0.3 is 15.4 Å². The monoisotopic (exact) mass is 361 g/mol. The van der Waals surface area contributed by atoms with E-state index >= 15 is 0 Å². The lowest BCUT2D eigenvalue weighted by atomic mass is 10.2. The van der Waals surface area contributed by atoms with Crippen LogP contribution in [0.15, 0.2) is 48.9 Å². The molecule has 0 spiro atoms. The zero-order valence-electron chi connectivity index (χ0n) is 15.3. The number of benzene rings is 1. The van der Waals surface area contributed by atoms with Crippen molar-refractivity contribution in [2.45, 2.75) is 6.92 Å². The Kier molecular flexibility index (Phi) is 4.29. The van der Waals surface area contributed by atoms with Crippen LogP contribution < -0.4 is 15.4 Å². The summed E-state index contributed by atoms with van der Waals surface area (Å²) in [7, 11) is 3.47. The summed E-state index contributed by atoms with van der Waals surface area (Å²) in [6.07, 6.45) is 5.31. The number of aryl methyl sites for hydroxylation is 1. The molecule has 3 aromatic heterocycles. The molecule has 0 aliphatic heterocycles. The van der Waals surface area contributed by atoms with Crippen molar-refractivity contribution >= 4 is 28.4 Å². The lowest BCUT2D eigenvalue weighted by Gasteiger charge is -2.13. The number of nitrogens with zero attached hydrogens (tertiary/aromatic N) is 5. The molecule has 136 valence electrons. The van der Waals surface area contributed by atoms with Gasteiger partial charge in [-0.25, -0.2) is 9.67 Å². The van der Waals surface area contributed by atoms with Crippen molar-refractivity contribution in [3.8, 4) is 11.4 Å². The topological polar surface area (TPSA) is 89.8 Å². The Labute approximate surface area is 156 Å². The van der Waals surface area contributed by atoms with Crippen LogP contribution in [0, 0.1) is 6.92 Å². The van der Waals surface area contributed by atoms with Crippen LogP contribution in [0.4, 0.5) is 17.5 Å². The normalized spacial score (nSPS) is 10.8. The van der Waals surface area contributed by atoms with E-state index in [9.17, 15) is 0 Å². The maximum atomic E-state index is 5.53. The average molecular weight is 361 g/mol. The second kappa shape index (κ2) is 6.91. The number of rotatable bonds is 5. The third-order valence-electron chi connectivity index (χ3n) is 4.14. The molecule has 8 heteroatoms. The summed E-state index contributed by atoms with van der Waals surface area (Å²) < 4.78 is 7.36. The van der Waals surface area contributed by atoms with Crippen LogP contribution in [0.5, 0.6) is 5.75 Å². The summed E-state index contributed by atoms with van der Waals surface area (Å²) in [4.78, 5) is 13.0. The minimum Gasteiger partial charge on any atom is -0.494 e. The number of fused-ring (bicyclic) bond motifs is 1. The number of ether oxygens (including phenoxy) is 1. The number of hydrogen-bond donors (Lipinski definition) is 2. The molecule has 1 aromatic carbocycles. The Morgan fingerprint density at radius 2 is 1.96 bits per heavy atom. The van der Waals surface area contributed by atoms with Crippen LogP contribution >= 0.6 is 0 Å². The molecule has 0 unspecified atom stereocenters. The van der Waals surface area contributed by atoms with Gasteiger partial charge in [-0.15, -0.1) is 0 Å². The van der Waals surface area contributed by atoms with Crippen molar-refractivity contribution in [1.82, 2.24) is 24.7 Å². The van der Waals surface area contributed by atoms with Crippen LogP contribution in [-0.2, 0) is 0 Å². The van der Waals surface area contributed by atoms with Crippen LogP contribution in [0.1, 0.15) is 5.69 Å². The second-order valence-electron chi connectivity index (χ2n) is 5.97. The first-order valence-corrected chi connectivity index (χ1v) is 8.44. The molecule has 27 heavy (non-hydrogen) atoms. The van der Waals surface area contributed by atoms with E-state index in [2.05, 4.69) is 30.7 Å². The fourth-order valence-electron chi connectivity index (χ4n) is 2.88. The van der Waals surface area contributed by atoms with Gasteiger partial charge >= 0.3 is 0 Å². The van der Waals surface area contributed by atoms with E-state index in [1.165, 1.54) is 0 Å². The van der Waals surface area contributed by atoms with E-state index in [4.69, 9.17) is 4.74 Å². The summed E-state index contributed by atoms with van der Waals surface area (Å²) in [5, 5.41) is 11.7. The Hall–Kier alpha value is -3.68. The van der Waals surface area contributed by atoms with Gasteiger partial charge in [0.2, 0.25) is 5.95 Å². The molecule has 3 heterocycles. The van der Waals surface area contributed by atoms with E-state index < -0.39 is 0 Å². The van der Waals surface area contributed by atoms with E-state index in [-0.39, 0.29) is 0 Å². The predicted octanol–water partition coefficient (Wildman–Crippen LogP) is 3.31. The number of aromatic nitrogens is 5. The highest BCUT2D eigenvalue weighted by Gasteiger charge is 2.12. The molecule has 0 amide bonds. The Bertz CT molecular complexity index is 1110. The van der Waals surface area contributed by atoms with E-state index in [0.717, 1.165) is 33.8 Å². The highest BCUT2D eigenvalue weighted by molar-refractivity contribution is 5.80. The van der Waals surface area contributed by atoms with Gasteiger partial charge in [-0.2, -0.15) is 10.1 Å². The van der Waals surface area contributed by atoms with E-state index in [1.54, 1.807) is 25.7 Å². The van der Waals surface area contributed by atoms with Gasteiger partial charge in [-0.3, -0.25) is 4.98 Å². The average Bonchev–Trinajstić information content (AvgIpc) is 3.11. The van der Waals surface area contributed by atoms with Crippen LogP contribution in [-0.4, -0.2) is 38.9 Å². The number of methoxy groups -OCH3 is 1. The summed E-state index contributed by atoms with van der Waals surface area (Å²) in [6, 6.07) is 9.57. The van der Waals surface area contributed by atoms with Crippen molar-refractivity contribution < 1.29 is 4.74 Å². The van der Waals surface area contributed by atoms with Crippen molar-refractivity contribution in [2.75, 3.05) is 24.8 Å². The maximum Gasteiger partial charge on any atom is 0.229 e. The zero-order chi connectivity index (χ0) is 18.8. The second-order valence-corrected chi connectivity index (χ2v) is 5.97. The van der Waals surface area contributed by atoms with Gasteiger partial charge in [0, 0.05) is 42.3 Å². The van der Waals surface area contributed by atoms with Gasteiger partial charge in [-0.1, -0.05) is 0 Å². The lowest BCUT2D eigenvalue weighted by molar-refractivity contribution is 0.412. The van der Waals surface area contributed by atoms with Gasteiger partial charge in [0.15, 0.2) is 0 Å². The summed E-state index contributed by atoms with van der Waals surface area (Å²) >= 11 is 0. The van der Waals surface area contributed by atoms with Crippen molar-refractivity contribution in [2.24, 2.45) is 0 Å². The molecule has 0 radical (unpaired) electrons. The first-order valence-electron chi connectivity index (χ1n) is 8.44. The minimum atomic E-state index is 0.519. The third kappa shape index (κ3) is 3.24. The third-order valence-corrected chi connectivity index (χ3v) is 4.14. The molecular formula is C19H19N7O. The Balaban J connectivity index is 1.76. The molecule has 8 nitrogen and oxygen atoms in total. The predicted molar refractivity (Wildman–Crippen MR) is 105 cm³/mol. The minimum absolute atomic E-state index is 0.519. The molecule has 2 N–H and O–H groups in total. The first-order chi connectivity index (χ1) is 13.2. The Morgan fingerprint density at radius 1 is 1.07 bits per heavy atom. The quantitative estimate of drug-likeness (QED) is 0.563. The fourth-order valence-corrected chi connectivity index (χ4v) is 2.88. The van der Waals surface area contributed by atoms with Crippen LogP contribution in [0.3, 0.4) is 0 Å². The SMILES string of the molecule is CNc1cc(C)nc(Nc2ccc(OC)c(-n3ncc4cnccc43)c2)n1. The number of anilines is 3. The molecule has 0 bridgehead atoms. The Morgan fingerprint density at radius 3 is 2.78 bits per heavy atom. The first kappa shape index (κ1) is 16.8. The van der Waals surface area contributed by atoms with E-state index in [0.29, 0.717) is 11.7 Å². The summed E-state index contributed by atoms with van der Waals surface area (Å²) in [5.74, 6) is 1.98. The number of nitrogens with one attached hydrogen (secondary N) is 2. The van der Waals surface area contributed by atoms with E-state index in [1.807, 2.05) is 49.0 Å². The number of pyridine rings is 1. The van der Waals surface area contributed by atoms with Crippen LogP contribution in [0.2, 0.25) is 0 Å². The fraction of sp³-hybridized carbons (Fsp3) is 0.158. The highest BCUT2D eigenvalue weighted by Crippen LogP contribution is 2.29. The standard InChI is InChI=1S/C19H19N7O/c1-12-8-18(20-2)25-19(23-12)24-14-4-5-17(27-3)16(9-14)26-15-6-7-21-10-13(15)11-22-26/h4-11H,1-3H3,(H2,20,23,24,25). The van der Waals surface area contributed by atoms with Gasteiger partial charge in [0.05, 0.1) is 18.8 Å². The van der Waals surface area contributed by atoms with Gasteiger partial charge in [0.1, 0.15) is 17.3 Å². The van der Waals surface area contributed by atoms with Gasteiger partial charge in [0.25, 0.3) is 0 Å². The van der Waals surface area contributed by atoms with Crippen molar-refractivity contribution in [3.05, 3.63) is 54.6 Å². The molecule has 0 aliphatic rings. The molecule has 0 aliphatic carbocycles. The molecule has 0 saturated carbocycles. The number of hydrogen-bond acceptors (Lipinski definition) is 7. The zero-order valence-corrected chi connectivity index (χ0v) is 15.3. The van der Waals surface area contributed by atoms with Crippen molar-refractivity contribution in [3.63, 3.8) is 0 Å². The summed E-state index contributed by atoms with van der Waals surface area (Å²) in [6.45, 7) is 1.93. The maximum absolute atomic E-state index is 5.53. The molecule has 4 aromatic rings. The molecule has 4 rings (SSSR count).